The van der Waals surface area contributed by atoms with Crippen molar-refractivity contribution in [3.05, 3.63) is 60.7 Å². The van der Waals surface area contributed by atoms with Crippen LogP contribution in [0.15, 0.2) is 70.5 Å². The normalized spacial score (nSPS) is 20.5. The van der Waals surface area contributed by atoms with Gasteiger partial charge in [-0.1, -0.05) is 36.4 Å². The SMILES string of the molecule is COC(=O)C1(C(=O)OC)CC(CSc2ccccc2)[C@@H](Sc2ccccc2)C1. The summed E-state index contributed by atoms with van der Waals surface area (Å²) < 4.78 is 10.0. The molecule has 0 aromatic heterocycles. The predicted octanol–water partition coefficient (Wildman–Crippen LogP) is 4.68. The molecule has 148 valence electrons. The van der Waals surface area contributed by atoms with Crippen molar-refractivity contribution in [2.24, 2.45) is 11.3 Å². The van der Waals surface area contributed by atoms with Crippen LogP contribution in [0.25, 0.3) is 0 Å². The third-order valence-electron chi connectivity index (χ3n) is 5.08. The van der Waals surface area contributed by atoms with Crippen molar-refractivity contribution < 1.29 is 19.1 Å². The van der Waals surface area contributed by atoms with Gasteiger partial charge in [0, 0.05) is 20.8 Å². The molecule has 1 saturated carbocycles. The van der Waals surface area contributed by atoms with Crippen LogP contribution in [0.5, 0.6) is 0 Å². The highest BCUT2D eigenvalue weighted by Gasteiger charge is 2.57. The maximum Gasteiger partial charge on any atom is 0.323 e. The van der Waals surface area contributed by atoms with Gasteiger partial charge in [-0.2, -0.15) is 0 Å². The molecule has 1 aliphatic rings. The van der Waals surface area contributed by atoms with Gasteiger partial charge in [0.1, 0.15) is 0 Å². The molecule has 2 atom stereocenters. The molecule has 4 nitrogen and oxygen atoms in total. The monoisotopic (exact) mass is 416 g/mol. The molecule has 3 rings (SSSR count). The van der Waals surface area contributed by atoms with E-state index in [-0.39, 0.29) is 11.2 Å². The molecule has 0 N–H and O–H groups in total. The average molecular weight is 417 g/mol. The van der Waals surface area contributed by atoms with E-state index in [9.17, 15) is 9.59 Å². The number of carbonyl (C=O) groups is 2. The Morgan fingerprint density at radius 2 is 1.43 bits per heavy atom. The first kappa shape index (κ1) is 20.8. The Morgan fingerprint density at radius 3 is 1.96 bits per heavy atom. The largest absolute Gasteiger partial charge is 0.468 e. The van der Waals surface area contributed by atoms with E-state index in [0.29, 0.717) is 12.8 Å². The number of thioether (sulfide) groups is 2. The van der Waals surface area contributed by atoms with Crippen LogP contribution in [-0.4, -0.2) is 37.2 Å². The number of methoxy groups -OCH3 is 2. The minimum atomic E-state index is -1.22. The van der Waals surface area contributed by atoms with Crippen LogP contribution in [0.1, 0.15) is 12.8 Å². The van der Waals surface area contributed by atoms with E-state index in [4.69, 9.17) is 9.47 Å². The maximum atomic E-state index is 12.6. The summed E-state index contributed by atoms with van der Waals surface area (Å²) in [6.07, 6.45) is 0.864. The molecule has 0 bridgehead atoms. The van der Waals surface area contributed by atoms with Gasteiger partial charge in [-0.15, -0.1) is 23.5 Å². The van der Waals surface area contributed by atoms with Crippen LogP contribution < -0.4 is 0 Å². The summed E-state index contributed by atoms with van der Waals surface area (Å²) in [5.74, 6) is 0.00798. The summed E-state index contributed by atoms with van der Waals surface area (Å²) in [7, 11) is 2.66. The molecule has 0 spiro atoms. The van der Waals surface area contributed by atoms with Gasteiger partial charge in [0.2, 0.25) is 0 Å². The highest BCUT2D eigenvalue weighted by Crippen LogP contribution is 2.51. The summed E-state index contributed by atoms with van der Waals surface area (Å²) >= 11 is 3.48. The number of esters is 2. The number of hydrogen-bond acceptors (Lipinski definition) is 6. The lowest BCUT2D eigenvalue weighted by Crippen LogP contribution is -2.39. The molecule has 2 aromatic rings. The Balaban J connectivity index is 1.84. The number of ether oxygens (including phenoxy) is 2. The molecular formula is C22H24O4S2. The van der Waals surface area contributed by atoms with E-state index in [0.717, 1.165) is 10.6 Å². The lowest BCUT2D eigenvalue weighted by Gasteiger charge is -2.23. The number of benzene rings is 2. The van der Waals surface area contributed by atoms with Crippen LogP contribution in [-0.2, 0) is 19.1 Å². The third kappa shape index (κ3) is 4.55. The van der Waals surface area contributed by atoms with Crippen LogP contribution >= 0.6 is 23.5 Å². The molecule has 2 aromatic carbocycles. The zero-order valence-corrected chi connectivity index (χ0v) is 17.6. The van der Waals surface area contributed by atoms with E-state index in [1.165, 1.54) is 19.1 Å². The first-order chi connectivity index (χ1) is 13.6. The second-order valence-electron chi connectivity index (χ2n) is 6.83. The van der Waals surface area contributed by atoms with Gasteiger partial charge < -0.3 is 9.47 Å². The fourth-order valence-electron chi connectivity index (χ4n) is 3.68. The second kappa shape index (κ2) is 9.52. The molecule has 0 radical (unpaired) electrons. The highest BCUT2D eigenvalue weighted by atomic mass is 32.2. The van der Waals surface area contributed by atoms with Gasteiger partial charge in [0.25, 0.3) is 0 Å². The van der Waals surface area contributed by atoms with Crippen molar-refractivity contribution >= 4 is 35.5 Å². The Bertz CT molecular complexity index is 779. The van der Waals surface area contributed by atoms with E-state index in [1.54, 1.807) is 23.5 Å². The zero-order chi connectivity index (χ0) is 20.0. The average Bonchev–Trinajstić information content (AvgIpc) is 3.12. The molecule has 0 amide bonds. The molecule has 6 heteroatoms. The van der Waals surface area contributed by atoms with Gasteiger partial charge in [0.05, 0.1) is 14.2 Å². The van der Waals surface area contributed by atoms with E-state index >= 15 is 0 Å². The van der Waals surface area contributed by atoms with Crippen molar-refractivity contribution in [1.29, 1.82) is 0 Å². The first-order valence-corrected chi connectivity index (χ1v) is 11.0. The maximum absolute atomic E-state index is 12.6. The zero-order valence-electron chi connectivity index (χ0n) is 16.0. The second-order valence-corrected chi connectivity index (χ2v) is 9.23. The van der Waals surface area contributed by atoms with E-state index < -0.39 is 17.4 Å². The summed E-state index contributed by atoms with van der Waals surface area (Å²) in [6, 6.07) is 20.3. The molecule has 0 heterocycles. The van der Waals surface area contributed by atoms with Gasteiger partial charge >= 0.3 is 11.9 Å². The topological polar surface area (TPSA) is 52.6 Å². The fourth-order valence-corrected chi connectivity index (χ4v) is 6.32. The van der Waals surface area contributed by atoms with E-state index in [2.05, 4.69) is 24.3 Å². The summed E-state index contributed by atoms with van der Waals surface area (Å²) in [6.45, 7) is 0. The Labute approximate surface area is 174 Å². The van der Waals surface area contributed by atoms with Crippen LogP contribution in [0.2, 0.25) is 0 Å². The lowest BCUT2D eigenvalue weighted by molar-refractivity contribution is -0.168. The molecule has 28 heavy (non-hydrogen) atoms. The first-order valence-electron chi connectivity index (χ1n) is 9.15. The molecule has 1 fully saturated rings. The summed E-state index contributed by atoms with van der Waals surface area (Å²) in [5, 5.41) is 0.122. The van der Waals surface area contributed by atoms with Crippen molar-refractivity contribution in [1.82, 2.24) is 0 Å². The van der Waals surface area contributed by atoms with Crippen molar-refractivity contribution in [2.75, 3.05) is 20.0 Å². The van der Waals surface area contributed by atoms with Crippen LogP contribution in [0.3, 0.4) is 0 Å². The van der Waals surface area contributed by atoms with E-state index in [1.807, 2.05) is 36.4 Å². The third-order valence-corrected chi connectivity index (χ3v) is 7.68. The predicted molar refractivity (Wildman–Crippen MR) is 112 cm³/mol. The number of rotatable bonds is 7. The molecule has 0 aliphatic heterocycles. The standard InChI is InChI=1S/C22H24O4S2/c1-25-20(23)22(21(24)26-2)13-16(15-27-17-9-5-3-6-10-17)19(14-22)28-18-11-7-4-8-12-18/h3-12,16,19H,13-15H2,1-2H3/t16?,19-/m0/s1. The highest BCUT2D eigenvalue weighted by molar-refractivity contribution is 8.00. The van der Waals surface area contributed by atoms with Gasteiger partial charge in [-0.3, -0.25) is 9.59 Å². The smallest absolute Gasteiger partial charge is 0.323 e. The molecular weight excluding hydrogens is 392 g/mol. The van der Waals surface area contributed by atoms with Crippen LogP contribution in [0.4, 0.5) is 0 Å². The quantitative estimate of drug-likeness (QED) is 0.371. The lowest BCUT2D eigenvalue weighted by atomic mass is 9.85. The van der Waals surface area contributed by atoms with Gasteiger partial charge in [0.15, 0.2) is 5.41 Å². The number of carbonyl (C=O) groups excluding carboxylic acids is 2. The number of hydrogen-bond donors (Lipinski definition) is 0. The minimum Gasteiger partial charge on any atom is -0.468 e. The summed E-state index contributed by atoms with van der Waals surface area (Å²) in [4.78, 5) is 27.5. The van der Waals surface area contributed by atoms with Crippen molar-refractivity contribution in [3.63, 3.8) is 0 Å². The molecule has 1 unspecified atom stereocenters. The Hall–Kier alpha value is -1.92. The Kier molecular flexibility index (Phi) is 7.08. The fraction of sp³-hybridized carbons (Fsp3) is 0.364. The van der Waals surface area contributed by atoms with Gasteiger partial charge in [-0.05, 0) is 43.0 Å². The van der Waals surface area contributed by atoms with Crippen molar-refractivity contribution in [3.8, 4) is 0 Å². The van der Waals surface area contributed by atoms with Gasteiger partial charge in [-0.25, -0.2) is 0 Å². The van der Waals surface area contributed by atoms with Crippen molar-refractivity contribution in [2.45, 2.75) is 27.9 Å². The molecule has 1 aliphatic carbocycles. The van der Waals surface area contributed by atoms with Crippen LogP contribution in [0, 0.1) is 11.3 Å². The Morgan fingerprint density at radius 1 is 0.893 bits per heavy atom. The minimum absolute atomic E-state index is 0.122. The summed E-state index contributed by atoms with van der Waals surface area (Å²) in [5.41, 5.74) is -1.22. The molecule has 0 saturated heterocycles.